The molecule has 58 heavy (non-hydrogen) atoms. The van der Waals surface area contributed by atoms with Crippen LogP contribution in [0, 0.1) is 58.2 Å². The van der Waals surface area contributed by atoms with Gasteiger partial charge >= 0.3 is 0 Å². The normalized spacial score (nSPS) is 51.7. The van der Waals surface area contributed by atoms with Gasteiger partial charge in [0.2, 0.25) is 0 Å². The second-order valence-corrected chi connectivity index (χ2v) is 21.9. The molecule has 0 amide bonds. The number of ketones is 1. The zero-order valence-electron chi connectivity index (χ0n) is 36.2. The van der Waals surface area contributed by atoms with Crippen molar-refractivity contribution in [1.29, 1.82) is 0 Å². The summed E-state index contributed by atoms with van der Waals surface area (Å²) in [5.41, 5.74) is 0.435. The third-order valence-electron chi connectivity index (χ3n) is 18.9. The summed E-state index contributed by atoms with van der Waals surface area (Å²) >= 11 is 0. The maximum atomic E-state index is 15.1. The van der Waals surface area contributed by atoms with E-state index in [0.717, 1.165) is 70.3 Å². The minimum atomic E-state index is -1.59. The summed E-state index contributed by atoms with van der Waals surface area (Å²) in [4.78, 5) is 20.0. The fraction of sp³-hybridized carbons (Fsp3) is 0.957. The standard InChI is InChI=1S/C47H79N3O8/c1-5-8-28-10-13-30-31-9-6-7-19-47(57,42(31)58-36(30)14-11-28)44(4,55)37-18-22-46(56)39-32(17-20-43(37,46)3)45(21-16-29-12-15-38(48)49-26-29)24-35(53)34(52)23-33(45)41(54)40(39)50-25-27(2)51/h27-39,42,49,51-53,55-57H,5-26,48H2,1-4H3/t27-,28+,29?,30+,31+,32+,33+,34+,35-,36+,37+,38?,39-,42+,43+,44+,45+,46-,47+/m0/s1. The van der Waals surface area contributed by atoms with Crippen LogP contribution in [-0.4, -0.2) is 109 Å². The molecule has 0 radical (unpaired) electrons. The van der Waals surface area contributed by atoms with Crippen LogP contribution in [0.3, 0.4) is 0 Å². The van der Waals surface area contributed by atoms with E-state index in [0.29, 0.717) is 56.1 Å². The molecule has 8 aliphatic rings. The Morgan fingerprint density at radius 2 is 1.71 bits per heavy atom. The number of hydrogen-bond donors (Lipinski definition) is 8. The summed E-state index contributed by atoms with van der Waals surface area (Å²) in [7, 11) is 0. The Bertz CT molecular complexity index is 1520. The average molecular weight is 814 g/mol. The van der Waals surface area contributed by atoms with E-state index in [-0.39, 0.29) is 49.3 Å². The number of carbonyl (C=O) groups excluding carboxylic acids is 1. The van der Waals surface area contributed by atoms with Crippen LogP contribution in [0.5, 0.6) is 0 Å². The average Bonchev–Trinajstić information content (AvgIpc) is 3.52. The summed E-state index contributed by atoms with van der Waals surface area (Å²) < 4.78 is 7.04. The molecule has 8 rings (SSSR count). The first-order valence-corrected chi connectivity index (χ1v) is 23.9. The molecular weight excluding hydrogens is 735 g/mol. The largest absolute Gasteiger partial charge is 0.391 e. The number of aliphatic imine (C=N–C) groups is 1. The molecule has 8 fully saturated rings. The fourth-order valence-corrected chi connectivity index (χ4v) is 15.8. The number of hydrogen-bond acceptors (Lipinski definition) is 11. The molecule has 0 aromatic heterocycles. The number of Topliss-reactive ketones (excluding diaryl/α,β-unsaturated/α-hetero) is 1. The number of nitrogens with two attached hydrogens (primary N) is 1. The third kappa shape index (κ3) is 6.94. The molecule has 2 aliphatic heterocycles. The molecule has 0 aromatic rings. The van der Waals surface area contributed by atoms with Crippen LogP contribution in [0.4, 0.5) is 0 Å². The first-order valence-electron chi connectivity index (χ1n) is 23.9. The van der Waals surface area contributed by atoms with Gasteiger partial charge in [-0.15, -0.1) is 0 Å². The molecule has 6 aliphatic carbocycles. The molecule has 19 atom stereocenters. The number of nitrogens with zero attached hydrogens (tertiary/aromatic N) is 1. The van der Waals surface area contributed by atoms with E-state index in [4.69, 9.17) is 15.5 Å². The first kappa shape index (κ1) is 43.6. The van der Waals surface area contributed by atoms with Crippen molar-refractivity contribution in [2.45, 2.75) is 210 Å². The Hall–Kier alpha value is -1.02. The van der Waals surface area contributed by atoms with Crippen molar-refractivity contribution >= 4 is 11.5 Å². The predicted octanol–water partition coefficient (Wildman–Crippen LogP) is 4.79. The molecule has 9 N–H and O–H groups in total. The lowest BCUT2D eigenvalue weighted by molar-refractivity contribution is -0.261. The second-order valence-electron chi connectivity index (χ2n) is 21.9. The number of ether oxygens (including phenoxy) is 1. The highest BCUT2D eigenvalue weighted by Gasteiger charge is 2.75. The molecule has 0 spiro atoms. The monoisotopic (exact) mass is 814 g/mol. The molecule has 0 aromatic carbocycles. The molecule has 11 heteroatoms. The van der Waals surface area contributed by atoms with Crippen LogP contribution in [0.15, 0.2) is 4.99 Å². The number of carbonyl (C=O) groups is 1. The summed E-state index contributed by atoms with van der Waals surface area (Å²) in [6, 6.07) is 0. The van der Waals surface area contributed by atoms with Gasteiger partial charge in [0.05, 0.1) is 60.1 Å². The van der Waals surface area contributed by atoms with Crippen LogP contribution in [0.2, 0.25) is 0 Å². The molecule has 0 bridgehead atoms. The van der Waals surface area contributed by atoms with Crippen molar-refractivity contribution < 1.29 is 40.2 Å². The van der Waals surface area contributed by atoms with Crippen molar-refractivity contribution in [3.63, 3.8) is 0 Å². The van der Waals surface area contributed by atoms with Gasteiger partial charge in [0.25, 0.3) is 0 Å². The van der Waals surface area contributed by atoms with E-state index in [1.165, 1.54) is 19.3 Å². The van der Waals surface area contributed by atoms with Gasteiger partial charge in [-0.3, -0.25) is 9.79 Å². The van der Waals surface area contributed by atoms with E-state index in [9.17, 15) is 30.6 Å². The summed E-state index contributed by atoms with van der Waals surface area (Å²) in [5.74, 6) is -0.401. The number of piperidine rings is 1. The Morgan fingerprint density at radius 1 is 0.948 bits per heavy atom. The number of rotatable bonds is 9. The molecule has 11 nitrogen and oxygen atoms in total. The smallest absolute Gasteiger partial charge is 0.180 e. The third-order valence-corrected chi connectivity index (χ3v) is 18.9. The van der Waals surface area contributed by atoms with Crippen LogP contribution in [0.1, 0.15) is 156 Å². The number of aliphatic hydroxyl groups excluding tert-OH is 3. The Balaban J connectivity index is 1.14. The summed E-state index contributed by atoms with van der Waals surface area (Å²) in [6.07, 6.45) is 12.9. The van der Waals surface area contributed by atoms with Gasteiger partial charge in [-0.05, 0) is 158 Å². The van der Waals surface area contributed by atoms with Crippen molar-refractivity contribution in [2.75, 3.05) is 13.1 Å². The summed E-state index contributed by atoms with van der Waals surface area (Å²) in [5, 5.41) is 76.6. The predicted molar refractivity (Wildman–Crippen MR) is 223 cm³/mol. The molecule has 2 saturated heterocycles. The van der Waals surface area contributed by atoms with Gasteiger partial charge in [-0.25, -0.2) is 0 Å². The lowest BCUT2D eigenvalue weighted by Crippen LogP contribution is -2.72. The van der Waals surface area contributed by atoms with E-state index >= 15 is 4.79 Å². The highest BCUT2D eigenvalue weighted by Crippen LogP contribution is 2.71. The minimum absolute atomic E-state index is 0.0194. The second kappa shape index (κ2) is 16.3. The zero-order valence-corrected chi connectivity index (χ0v) is 36.2. The Kier molecular flexibility index (Phi) is 12.2. The molecule has 2 unspecified atom stereocenters. The Morgan fingerprint density at radius 3 is 2.43 bits per heavy atom. The van der Waals surface area contributed by atoms with Crippen LogP contribution in [-0.2, 0) is 9.53 Å². The van der Waals surface area contributed by atoms with Gasteiger partial charge < -0.3 is 46.4 Å². The minimum Gasteiger partial charge on any atom is -0.391 e. The van der Waals surface area contributed by atoms with Crippen LogP contribution < -0.4 is 11.1 Å². The van der Waals surface area contributed by atoms with E-state index < -0.39 is 69.8 Å². The van der Waals surface area contributed by atoms with Crippen molar-refractivity contribution in [3.05, 3.63) is 0 Å². The fourth-order valence-electron chi connectivity index (χ4n) is 15.8. The molecule has 6 saturated carbocycles. The Labute approximate surface area is 347 Å². The van der Waals surface area contributed by atoms with Gasteiger partial charge in [0.1, 0.15) is 5.60 Å². The highest BCUT2D eigenvalue weighted by molar-refractivity contribution is 6.42. The van der Waals surface area contributed by atoms with Crippen molar-refractivity contribution in [2.24, 2.45) is 68.9 Å². The van der Waals surface area contributed by atoms with Crippen LogP contribution in [0.25, 0.3) is 0 Å². The SMILES string of the molecule is CCC[C@@H]1CC[C@@H]2[C@H]3CCCC[C@](O)([C@](C)(O)[C@@H]4CC[C@]5(O)[C@@H]6C(=NC[C@H](C)O)C(=O)[C@H]7C[C@@H](O)[C@@H](O)C[C@]7(CCC7CCC(N)NC7)[C@@H]6CC[C@]45C)[C@@H]3O[C@@H]2CC1. The number of nitrogens with one attached hydrogen (secondary N) is 1. The van der Waals surface area contributed by atoms with Gasteiger partial charge in [0, 0.05) is 17.3 Å². The van der Waals surface area contributed by atoms with E-state index in [1.807, 2.05) is 6.92 Å². The topological polar surface area (TPSA) is 198 Å². The van der Waals surface area contributed by atoms with E-state index in [1.54, 1.807) is 6.92 Å². The maximum absolute atomic E-state index is 15.1. The van der Waals surface area contributed by atoms with Gasteiger partial charge in [-0.1, -0.05) is 46.0 Å². The van der Waals surface area contributed by atoms with Gasteiger partial charge in [-0.2, -0.15) is 0 Å². The first-order chi connectivity index (χ1) is 27.5. The molecular formula is C47H79N3O8. The lowest BCUT2D eigenvalue weighted by Gasteiger charge is -2.65. The zero-order chi connectivity index (χ0) is 41.4. The van der Waals surface area contributed by atoms with Crippen molar-refractivity contribution in [3.8, 4) is 0 Å². The number of fused-ring (bicyclic) bond motifs is 8. The van der Waals surface area contributed by atoms with Gasteiger partial charge in [0.15, 0.2) is 5.78 Å². The van der Waals surface area contributed by atoms with Crippen molar-refractivity contribution in [1.82, 2.24) is 5.32 Å². The van der Waals surface area contributed by atoms with E-state index in [2.05, 4.69) is 19.2 Å². The quantitative estimate of drug-likeness (QED) is 0.160. The van der Waals surface area contributed by atoms with Crippen LogP contribution >= 0.6 is 0 Å². The maximum Gasteiger partial charge on any atom is 0.180 e. The lowest BCUT2D eigenvalue weighted by atomic mass is 9.40. The highest BCUT2D eigenvalue weighted by atomic mass is 16.5. The molecule has 330 valence electrons. The molecule has 2 heterocycles. The summed E-state index contributed by atoms with van der Waals surface area (Å²) in [6.45, 7) is 8.66. The number of aliphatic hydroxyl groups is 6.